The van der Waals surface area contributed by atoms with Gasteiger partial charge in [-0.2, -0.15) is 0 Å². The normalized spacial score (nSPS) is 12.0. The monoisotopic (exact) mass is 430 g/mol. The van der Waals surface area contributed by atoms with Crippen molar-refractivity contribution >= 4 is 73.8 Å². The lowest BCUT2D eigenvalue weighted by Crippen LogP contribution is -1.78. The van der Waals surface area contributed by atoms with E-state index in [4.69, 9.17) is 0 Å². The van der Waals surface area contributed by atoms with E-state index >= 15 is 0 Å². The van der Waals surface area contributed by atoms with Gasteiger partial charge in [-0.25, -0.2) is 0 Å². The topological polar surface area (TPSA) is 0 Å². The van der Waals surface area contributed by atoms with Gasteiger partial charge in [-0.1, -0.05) is 72.3 Å². The molecule has 0 nitrogen and oxygen atoms in total. The number of fused-ring (bicyclic) bond motifs is 8. The molecular formula is C29H18S2. The first-order valence-electron chi connectivity index (χ1n) is 10.5. The maximum absolute atomic E-state index is 2.40. The van der Waals surface area contributed by atoms with Crippen LogP contribution in [0.3, 0.4) is 0 Å². The maximum atomic E-state index is 2.40. The number of thiophene rings is 2. The Bertz CT molecular complexity index is 1800. The first-order valence-corrected chi connectivity index (χ1v) is 12.2. The van der Waals surface area contributed by atoms with Gasteiger partial charge in [0, 0.05) is 40.3 Å². The second-order valence-electron chi connectivity index (χ2n) is 8.26. The molecule has 0 fully saturated rings. The lowest BCUT2D eigenvalue weighted by molar-refractivity contribution is 1.52. The molecule has 0 aliphatic heterocycles. The molecule has 7 rings (SSSR count). The van der Waals surface area contributed by atoms with Crippen LogP contribution in [0.1, 0.15) is 5.56 Å². The molecule has 2 heteroatoms. The summed E-state index contributed by atoms with van der Waals surface area (Å²) in [5.74, 6) is 0. The fraction of sp³-hybridized carbons (Fsp3) is 0.0345. The molecule has 0 N–H and O–H groups in total. The van der Waals surface area contributed by atoms with E-state index in [1.54, 1.807) is 0 Å². The van der Waals surface area contributed by atoms with Crippen molar-refractivity contribution in [3.63, 3.8) is 0 Å². The Morgan fingerprint density at radius 3 is 2.19 bits per heavy atom. The molecule has 5 aromatic carbocycles. The molecule has 0 bridgehead atoms. The number of aryl methyl sites for hydroxylation is 1. The predicted octanol–water partition coefficient (Wildman–Crippen LogP) is 9.55. The Labute approximate surface area is 188 Å². The van der Waals surface area contributed by atoms with Crippen molar-refractivity contribution in [2.24, 2.45) is 0 Å². The van der Waals surface area contributed by atoms with Crippen LogP contribution < -0.4 is 0 Å². The fourth-order valence-corrected chi connectivity index (χ4v) is 7.25. The molecular weight excluding hydrogens is 412 g/mol. The van der Waals surface area contributed by atoms with Crippen LogP contribution in [0.25, 0.3) is 62.2 Å². The van der Waals surface area contributed by atoms with Gasteiger partial charge in [-0.3, -0.25) is 0 Å². The summed E-state index contributed by atoms with van der Waals surface area (Å²) in [6.45, 7) is 2.17. The van der Waals surface area contributed by atoms with Crippen LogP contribution in [-0.2, 0) is 0 Å². The summed E-state index contributed by atoms with van der Waals surface area (Å²) in [5.41, 5.74) is 3.95. The lowest BCUT2D eigenvalue weighted by atomic mass is 10.00. The van der Waals surface area contributed by atoms with E-state index < -0.39 is 0 Å². The van der Waals surface area contributed by atoms with Crippen molar-refractivity contribution in [1.82, 2.24) is 0 Å². The van der Waals surface area contributed by atoms with Crippen molar-refractivity contribution in [2.45, 2.75) is 6.92 Å². The zero-order chi connectivity index (χ0) is 20.5. The molecule has 31 heavy (non-hydrogen) atoms. The van der Waals surface area contributed by atoms with Crippen LogP contribution in [0.2, 0.25) is 0 Å². The zero-order valence-corrected chi connectivity index (χ0v) is 18.6. The summed E-state index contributed by atoms with van der Waals surface area (Å²) in [6, 6.07) is 33.8. The predicted molar refractivity (Wildman–Crippen MR) is 140 cm³/mol. The molecule has 2 aromatic heterocycles. The van der Waals surface area contributed by atoms with Crippen molar-refractivity contribution in [1.29, 1.82) is 0 Å². The van der Waals surface area contributed by atoms with E-state index in [9.17, 15) is 0 Å². The van der Waals surface area contributed by atoms with E-state index in [1.807, 2.05) is 22.7 Å². The van der Waals surface area contributed by atoms with Crippen LogP contribution in [0.4, 0.5) is 0 Å². The zero-order valence-electron chi connectivity index (χ0n) is 17.0. The van der Waals surface area contributed by atoms with Gasteiger partial charge < -0.3 is 0 Å². The maximum Gasteiger partial charge on any atom is 0.0433 e. The molecule has 0 spiro atoms. The van der Waals surface area contributed by atoms with E-state index in [1.165, 1.54) is 67.8 Å². The van der Waals surface area contributed by atoms with Gasteiger partial charge in [0.25, 0.3) is 0 Å². The molecule has 0 atom stereocenters. The van der Waals surface area contributed by atoms with Gasteiger partial charge in [0.2, 0.25) is 0 Å². The molecule has 0 radical (unpaired) electrons. The van der Waals surface area contributed by atoms with Gasteiger partial charge in [0.15, 0.2) is 0 Å². The average molecular weight is 431 g/mol. The minimum absolute atomic E-state index is 1.30. The SMILES string of the molecule is Cc1ccc2sc3c(-c4ccc5sc6c7ccccc7ccc6c5c4)cccc3c2c1. The quantitative estimate of drug-likeness (QED) is 0.243. The highest BCUT2D eigenvalue weighted by molar-refractivity contribution is 7.27. The highest BCUT2D eigenvalue weighted by Crippen LogP contribution is 2.43. The van der Waals surface area contributed by atoms with Crippen LogP contribution in [0.5, 0.6) is 0 Å². The first kappa shape index (κ1) is 17.5. The van der Waals surface area contributed by atoms with Gasteiger partial charge in [0.05, 0.1) is 0 Å². The van der Waals surface area contributed by atoms with Gasteiger partial charge in [-0.15, -0.1) is 22.7 Å². The van der Waals surface area contributed by atoms with Gasteiger partial charge >= 0.3 is 0 Å². The van der Waals surface area contributed by atoms with Crippen molar-refractivity contribution in [3.05, 3.63) is 96.6 Å². The Kier molecular flexibility index (Phi) is 3.61. The average Bonchev–Trinajstić information content (AvgIpc) is 3.36. The molecule has 146 valence electrons. The Morgan fingerprint density at radius 1 is 0.516 bits per heavy atom. The molecule has 0 unspecified atom stereocenters. The minimum atomic E-state index is 1.30. The number of hydrogen-bond acceptors (Lipinski definition) is 2. The third kappa shape index (κ3) is 2.52. The van der Waals surface area contributed by atoms with E-state index in [2.05, 4.69) is 97.9 Å². The van der Waals surface area contributed by atoms with Crippen molar-refractivity contribution in [3.8, 4) is 11.1 Å². The second kappa shape index (κ2) is 6.40. The smallest absolute Gasteiger partial charge is 0.0433 e. The summed E-state index contributed by atoms with van der Waals surface area (Å²) in [5, 5.41) is 8.12. The lowest BCUT2D eigenvalue weighted by Gasteiger charge is -2.05. The van der Waals surface area contributed by atoms with Crippen molar-refractivity contribution in [2.75, 3.05) is 0 Å². The van der Waals surface area contributed by atoms with Crippen molar-refractivity contribution < 1.29 is 0 Å². The van der Waals surface area contributed by atoms with Crippen LogP contribution in [0.15, 0.2) is 91.0 Å². The molecule has 0 aliphatic carbocycles. The largest absolute Gasteiger partial charge is 0.135 e. The van der Waals surface area contributed by atoms with Gasteiger partial charge in [-0.05, 0) is 53.1 Å². The molecule has 2 heterocycles. The number of benzene rings is 5. The van der Waals surface area contributed by atoms with Crippen LogP contribution in [0, 0.1) is 6.92 Å². The third-order valence-electron chi connectivity index (χ3n) is 6.32. The summed E-state index contributed by atoms with van der Waals surface area (Å²) in [6.07, 6.45) is 0. The summed E-state index contributed by atoms with van der Waals surface area (Å²) < 4.78 is 5.49. The number of hydrogen-bond donors (Lipinski definition) is 0. The summed E-state index contributed by atoms with van der Waals surface area (Å²) in [7, 11) is 0. The van der Waals surface area contributed by atoms with Gasteiger partial charge in [0.1, 0.15) is 0 Å². The highest BCUT2D eigenvalue weighted by atomic mass is 32.1. The van der Waals surface area contributed by atoms with E-state index in [0.29, 0.717) is 0 Å². The number of rotatable bonds is 1. The Balaban J connectivity index is 1.52. The van der Waals surface area contributed by atoms with Crippen LogP contribution in [-0.4, -0.2) is 0 Å². The molecule has 0 aliphatic rings. The third-order valence-corrected chi connectivity index (χ3v) is 8.76. The second-order valence-corrected chi connectivity index (χ2v) is 10.4. The standard InChI is InChI=1S/C29H18S2/c1-17-9-13-26-24(15-17)22-8-4-7-21(29(22)30-26)19-11-14-27-25(16-19)23-12-10-18-5-2-3-6-20(18)28(23)31-27/h2-16H,1H3. The van der Waals surface area contributed by atoms with Crippen LogP contribution >= 0.6 is 22.7 Å². The summed E-state index contributed by atoms with van der Waals surface area (Å²) >= 11 is 3.81. The van der Waals surface area contributed by atoms with E-state index in [-0.39, 0.29) is 0 Å². The van der Waals surface area contributed by atoms with E-state index in [0.717, 1.165) is 0 Å². The first-order chi connectivity index (χ1) is 15.3. The molecule has 0 saturated carbocycles. The fourth-order valence-electron chi connectivity index (χ4n) is 4.81. The Hall–Kier alpha value is -3.20. The molecule has 7 aromatic rings. The summed E-state index contributed by atoms with van der Waals surface area (Å²) in [4.78, 5) is 0. The minimum Gasteiger partial charge on any atom is -0.135 e. The highest BCUT2D eigenvalue weighted by Gasteiger charge is 2.13. The Morgan fingerprint density at radius 2 is 1.26 bits per heavy atom. The molecule has 0 saturated heterocycles. The molecule has 0 amide bonds.